The molecule has 0 spiro atoms. The molecule has 3 N–H and O–H groups in total. The molecule has 0 radical (unpaired) electrons. The monoisotopic (exact) mass is 402 g/mol. The smallest absolute Gasteiger partial charge is 0.253 e. The van der Waals surface area contributed by atoms with E-state index in [1.54, 1.807) is 25.4 Å². The Bertz CT molecular complexity index is 859. The number of amides is 1. The number of hydrogen-bond donors (Lipinski definition) is 2. The molecule has 1 aromatic carbocycles. The highest BCUT2D eigenvalue weighted by atomic mass is 35.5. The van der Waals surface area contributed by atoms with Crippen molar-refractivity contribution < 1.29 is 9.53 Å². The van der Waals surface area contributed by atoms with Crippen LogP contribution in [0, 0.1) is 17.8 Å². The van der Waals surface area contributed by atoms with E-state index >= 15 is 0 Å². The van der Waals surface area contributed by atoms with Gasteiger partial charge in [0, 0.05) is 44.9 Å². The van der Waals surface area contributed by atoms with Crippen LogP contribution < -0.4 is 11.1 Å². The summed E-state index contributed by atoms with van der Waals surface area (Å²) in [5, 5.41) is 3.59. The molecular formula is C21H27ClN4O2. The second-order valence-corrected chi connectivity index (χ2v) is 8.41. The van der Waals surface area contributed by atoms with Crippen LogP contribution >= 0.6 is 11.6 Å². The first kappa shape index (κ1) is 19.4. The van der Waals surface area contributed by atoms with Crippen molar-refractivity contribution in [2.75, 3.05) is 45.6 Å². The summed E-state index contributed by atoms with van der Waals surface area (Å²) in [6, 6.07) is 5.07. The van der Waals surface area contributed by atoms with Crippen molar-refractivity contribution in [1.29, 1.82) is 0 Å². The first-order chi connectivity index (χ1) is 13.6. The van der Waals surface area contributed by atoms with Gasteiger partial charge in [-0.2, -0.15) is 0 Å². The Morgan fingerprint density at radius 1 is 1.43 bits per heavy atom. The second kappa shape index (κ2) is 8.23. The molecule has 3 atom stereocenters. The van der Waals surface area contributed by atoms with Gasteiger partial charge in [-0.15, -0.1) is 0 Å². The van der Waals surface area contributed by atoms with Gasteiger partial charge in [0.1, 0.15) is 0 Å². The Morgan fingerprint density at radius 2 is 2.21 bits per heavy atom. The quantitative estimate of drug-likeness (QED) is 0.771. The summed E-state index contributed by atoms with van der Waals surface area (Å²) in [4.78, 5) is 18.4. The van der Waals surface area contributed by atoms with Gasteiger partial charge in [-0.1, -0.05) is 11.6 Å². The lowest BCUT2D eigenvalue weighted by Crippen LogP contribution is -2.29. The number of aromatic nitrogens is 1. The zero-order valence-electron chi connectivity index (χ0n) is 16.2. The van der Waals surface area contributed by atoms with E-state index in [1.807, 2.05) is 0 Å². The third kappa shape index (κ3) is 4.09. The average Bonchev–Trinajstić information content (AvgIpc) is 3.09. The fraction of sp³-hybridized carbons (Fsp3) is 0.524. The highest BCUT2D eigenvalue weighted by molar-refractivity contribution is 6.35. The third-order valence-electron chi connectivity index (χ3n) is 5.95. The van der Waals surface area contributed by atoms with Gasteiger partial charge in [0.2, 0.25) is 0 Å². The van der Waals surface area contributed by atoms with E-state index in [4.69, 9.17) is 22.1 Å². The van der Waals surface area contributed by atoms with Gasteiger partial charge in [0.25, 0.3) is 5.91 Å². The number of likely N-dealkylation sites (tertiary alicyclic amines) is 1. The van der Waals surface area contributed by atoms with Gasteiger partial charge in [0.15, 0.2) is 0 Å². The number of carbonyl (C=O) groups is 1. The minimum Gasteiger partial charge on any atom is -0.397 e. The van der Waals surface area contributed by atoms with E-state index in [0.29, 0.717) is 27.2 Å². The molecule has 1 amide bonds. The largest absolute Gasteiger partial charge is 0.397 e. The number of benzene rings is 1. The summed E-state index contributed by atoms with van der Waals surface area (Å²) < 4.78 is 5.38. The van der Waals surface area contributed by atoms with Crippen LogP contribution in [0.2, 0.25) is 5.02 Å². The average molecular weight is 403 g/mol. The Kier molecular flexibility index (Phi) is 5.71. The lowest BCUT2D eigenvalue weighted by molar-refractivity contribution is 0.0964. The van der Waals surface area contributed by atoms with E-state index in [-0.39, 0.29) is 5.91 Å². The maximum absolute atomic E-state index is 11.6. The maximum Gasteiger partial charge on any atom is 0.253 e. The van der Waals surface area contributed by atoms with Crippen molar-refractivity contribution in [2.45, 2.75) is 12.8 Å². The number of ether oxygens (including phenoxy) is 1. The lowest BCUT2D eigenvalue weighted by Gasteiger charge is -2.20. The molecule has 0 bridgehead atoms. The summed E-state index contributed by atoms with van der Waals surface area (Å²) in [6.45, 7) is 6.12. The number of pyridine rings is 1. The van der Waals surface area contributed by atoms with E-state index in [2.05, 4.69) is 15.2 Å². The van der Waals surface area contributed by atoms with E-state index in [9.17, 15) is 4.79 Å². The van der Waals surface area contributed by atoms with Gasteiger partial charge in [-0.25, -0.2) is 0 Å². The molecule has 7 heteroatoms. The number of carbonyl (C=O) groups excluding carboxylic acids is 1. The van der Waals surface area contributed by atoms with E-state index < -0.39 is 0 Å². The van der Waals surface area contributed by atoms with Crippen molar-refractivity contribution in [3.63, 3.8) is 0 Å². The first-order valence-corrected chi connectivity index (χ1v) is 10.3. The number of anilines is 1. The highest BCUT2D eigenvalue weighted by Gasteiger charge is 2.45. The summed E-state index contributed by atoms with van der Waals surface area (Å²) in [5.74, 6) is 2.80. The van der Waals surface area contributed by atoms with Crippen LogP contribution in [0.1, 0.15) is 23.2 Å². The number of nitrogens with zero attached hydrogens (tertiary/aromatic N) is 2. The molecule has 1 saturated carbocycles. The number of piperidine rings is 1. The van der Waals surface area contributed by atoms with Gasteiger partial charge >= 0.3 is 0 Å². The molecule has 150 valence electrons. The van der Waals surface area contributed by atoms with Crippen LogP contribution in [0.15, 0.2) is 24.4 Å². The van der Waals surface area contributed by atoms with Gasteiger partial charge < -0.3 is 20.7 Å². The molecule has 3 unspecified atom stereocenters. The zero-order valence-corrected chi connectivity index (χ0v) is 16.9. The highest BCUT2D eigenvalue weighted by Crippen LogP contribution is 2.45. The molecule has 28 heavy (non-hydrogen) atoms. The molecule has 2 aliphatic heterocycles. The number of nitrogens with one attached hydrogen (secondary N) is 1. The van der Waals surface area contributed by atoms with Crippen molar-refractivity contribution in [1.82, 2.24) is 15.2 Å². The van der Waals surface area contributed by atoms with E-state index in [0.717, 1.165) is 31.0 Å². The standard InChI is InChI=1S/C11H10ClN3O.C10H17NO/c1-14-11(16)7-5-8(12)9(13)6-3-2-4-15-10(6)7;1-2-12-7-8(1)4-11-5-9-3-10(9)6-11/h2-5H,13H2,1H3,(H,14,16);8-10H,1-7H2. The van der Waals surface area contributed by atoms with Crippen molar-refractivity contribution in [3.8, 4) is 0 Å². The Balaban J connectivity index is 0.000000142. The zero-order chi connectivity index (χ0) is 19.7. The molecular weight excluding hydrogens is 376 g/mol. The van der Waals surface area contributed by atoms with Crippen molar-refractivity contribution in [3.05, 3.63) is 35.0 Å². The summed E-state index contributed by atoms with van der Waals surface area (Å²) in [6.07, 6.45) is 4.44. The molecule has 6 nitrogen and oxygen atoms in total. The summed E-state index contributed by atoms with van der Waals surface area (Å²) in [7, 11) is 1.56. The normalized spacial score (nSPS) is 25.9. The van der Waals surface area contributed by atoms with Crippen LogP contribution in [0.5, 0.6) is 0 Å². The van der Waals surface area contributed by atoms with E-state index in [1.165, 1.54) is 38.5 Å². The minimum atomic E-state index is -0.231. The summed E-state index contributed by atoms with van der Waals surface area (Å²) >= 11 is 5.96. The van der Waals surface area contributed by atoms with Crippen LogP contribution in [0.25, 0.3) is 10.9 Å². The molecule has 2 aromatic rings. The Morgan fingerprint density at radius 3 is 2.89 bits per heavy atom. The number of halogens is 1. The SMILES string of the molecule is C1CC(CN2CC3CC3C2)CO1.CNC(=O)c1cc(Cl)c(N)c2cccnc12. The second-order valence-electron chi connectivity index (χ2n) is 8.00. The predicted octanol–water partition coefficient (Wildman–Crippen LogP) is 2.80. The lowest BCUT2D eigenvalue weighted by atomic mass is 10.1. The molecule has 2 saturated heterocycles. The number of hydrogen-bond acceptors (Lipinski definition) is 5. The Hall–Kier alpha value is -1.89. The number of rotatable bonds is 3. The molecule has 1 aliphatic carbocycles. The van der Waals surface area contributed by atoms with Gasteiger partial charge in [-0.3, -0.25) is 9.78 Å². The molecule has 3 heterocycles. The van der Waals surface area contributed by atoms with Crippen LogP contribution in [-0.4, -0.2) is 55.7 Å². The maximum atomic E-state index is 11.6. The first-order valence-electron chi connectivity index (χ1n) is 9.91. The van der Waals surface area contributed by atoms with Crippen LogP contribution in [-0.2, 0) is 4.74 Å². The molecule has 3 fully saturated rings. The molecule has 1 aromatic heterocycles. The fourth-order valence-corrected chi connectivity index (χ4v) is 4.49. The predicted molar refractivity (Wildman–Crippen MR) is 112 cm³/mol. The fourth-order valence-electron chi connectivity index (χ4n) is 4.28. The summed E-state index contributed by atoms with van der Waals surface area (Å²) in [5.41, 5.74) is 7.25. The van der Waals surface area contributed by atoms with Crippen molar-refractivity contribution >= 4 is 34.1 Å². The van der Waals surface area contributed by atoms with Gasteiger partial charge in [0.05, 0.1) is 28.4 Å². The number of nitrogens with two attached hydrogens (primary N) is 1. The minimum absolute atomic E-state index is 0.231. The van der Waals surface area contributed by atoms with Gasteiger partial charge in [-0.05, 0) is 48.8 Å². The van der Waals surface area contributed by atoms with Crippen molar-refractivity contribution in [2.24, 2.45) is 17.8 Å². The number of fused-ring (bicyclic) bond motifs is 2. The third-order valence-corrected chi connectivity index (χ3v) is 6.26. The molecule has 5 rings (SSSR count). The van der Waals surface area contributed by atoms with Crippen LogP contribution in [0.4, 0.5) is 5.69 Å². The molecule has 3 aliphatic rings. The number of nitrogen functional groups attached to an aromatic ring is 1. The van der Waals surface area contributed by atoms with Crippen LogP contribution in [0.3, 0.4) is 0 Å². The Labute approximate surface area is 170 Å². The topological polar surface area (TPSA) is 80.5 Å².